The Morgan fingerprint density at radius 1 is 1.04 bits per heavy atom. The van der Waals surface area contributed by atoms with Crippen LogP contribution in [-0.4, -0.2) is 46.6 Å². The first-order valence-electron chi connectivity index (χ1n) is 8.84. The van der Waals surface area contributed by atoms with E-state index in [-0.39, 0.29) is 30.2 Å². The number of rotatable bonds is 5. The second-order valence-corrected chi connectivity index (χ2v) is 10.6. The highest BCUT2D eigenvalue weighted by Crippen LogP contribution is 2.31. The van der Waals surface area contributed by atoms with Gasteiger partial charge in [-0.3, -0.25) is 0 Å². The summed E-state index contributed by atoms with van der Waals surface area (Å²) in [6, 6.07) is 15.2. The van der Waals surface area contributed by atoms with E-state index in [1.807, 2.05) is 13.0 Å². The largest absolute Gasteiger partial charge is 0.494 e. The second-order valence-electron chi connectivity index (χ2n) is 6.36. The molecule has 1 aliphatic rings. The van der Waals surface area contributed by atoms with Gasteiger partial charge in [0.25, 0.3) is 0 Å². The predicted octanol–water partition coefficient (Wildman–Crippen LogP) is 2.64. The molecule has 2 aromatic carbocycles. The second kappa shape index (κ2) is 8.00. The highest BCUT2D eigenvalue weighted by Gasteiger charge is 2.35. The molecule has 27 heavy (non-hydrogen) atoms. The van der Waals surface area contributed by atoms with E-state index in [0.29, 0.717) is 17.9 Å². The summed E-state index contributed by atoms with van der Waals surface area (Å²) in [6.07, 6.45) is 0.239. The van der Waals surface area contributed by atoms with Crippen LogP contribution in [0.15, 0.2) is 59.5 Å². The van der Waals surface area contributed by atoms with Crippen molar-refractivity contribution < 1.29 is 21.6 Å². The van der Waals surface area contributed by atoms with Crippen LogP contribution in [0.5, 0.6) is 5.75 Å². The van der Waals surface area contributed by atoms with E-state index in [0.717, 1.165) is 0 Å². The third-order valence-electron chi connectivity index (χ3n) is 4.64. The van der Waals surface area contributed by atoms with Gasteiger partial charge < -0.3 is 4.74 Å². The van der Waals surface area contributed by atoms with Crippen molar-refractivity contribution in [2.24, 2.45) is 0 Å². The molecule has 0 aliphatic carbocycles. The van der Waals surface area contributed by atoms with Crippen LogP contribution in [0.1, 0.15) is 24.2 Å². The molecule has 0 spiro atoms. The maximum absolute atomic E-state index is 13.0. The Balaban J connectivity index is 1.84. The molecule has 0 saturated carbocycles. The Hall–Kier alpha value is -1.90. The molecule has 0 amide bonds. The van der Waals surface area contributed by atoms with Gasteiger partial charge in [0.1, 0.15) is 5.75 Å². The van der Waals surface area contributed by atoms with Gasteiger partial charge in [-0.15, -0.1) is 0 Å². The third kappa shape index (κ3) is 4.34. The van der Waals surface area contributed by atoms with E-state index in [2.05, 4.69) is 0 Å². The molecule has 0 N–H and O–H groups in total. The van der Waals surface area contributed by atoms with Crippen LogP contribution in [-0.2, 0) is 19.9 Å². The van der Waals surface area contributed by atoms with E-state index in [1.54, 1.807) is 36.4 Å². The average molecular weight is 410 g/mol. The van der Waals surface area contributed by atoms with E-state index in [9.17, 15) is 16.8 Å². The summed E-state index contributed by atoms with van der Waals surface area (Å²) in [5.74, 6) is 0.405. The van der Waals surface area contributed by atoms with Gasteiger partial charge in [-0.2, -0.15) is 4.31 Å². The maximum Gasteiger partial charge on any atom is 0.243 e. The van der Waals surface area contributed by atoms with Crippen molar-refractivity contribution in [2.45, 2.75) is 23.5 Å². The summed E-state index contributed by atoms with van der Waals surface area (Å²) >= 11 is 0. The lowest BCUT2D eigenvalue weighted by Crippen LogP contribution is -2.33. The Morgan fingerprint density at radius 3 is 2.33 bits per heavy atom. The molecule has 0 bridgehead atoms. The van der Waals surface area contributed by atoms with Gasteiger partial charge in [-0.05, 0) is 43.2 Å². The molecule has 1 fully saturated rings. The van der Waals surface area contributed by atoms with Crippen molar-refractivity contribution in [3.63, 3.8) is 0 Å². The molecule has 0 aromatic heterocycles. The molecule has 1 aliphatic heterocycles. The number of sulfone groups is 1. The molecule has 1 saturated heterocycles. The molecule has 0 radical (unpaired) electrons. The molecular formula is C19H23NO5S2. The third-order valence-corrected chi connectivity index (χ3v) is 8.68. The molecule has 8 heteroatoms. The van der Waals surface area contributed by atoms with Crippen LogP contribution in [0.25, 0.3) is 0 Å². The molecular weight excluding hydrogens is 386 g/mol. The van der Waals surface area contributed by atoms with E-state index < -0.39 is 25.1 Å². The number of ether oxygens (including phenoxy) is 1. The van der Waals surface area contributed by atoms with Gasteiger partial charge >= 0.3 is 0 Å². The maximum atomic E-state index is 13.0. The number of nitrogens with zero attached hydrogens (tertiary/aromatic N) is 1. The van der Waals surface area contributed by atoms with Crippen molar-refractivity contribution in [1.82, 2.24) is 4.31 Å². The minimum Gasteiger partial charge on any atom is -0.494 e. The van der Waals surface area contributed by atoms with Crippen LogP contribution in [0.3, 0.4) is 0 Å². The fourth-order valence-electron chi connectivity index (χ4n) is 3.23. The molecule has 1 unspecified atom stereocenters. The molecule has 3 rings (SSSR count). The van der Waals surface area contributed by atoms with Gasteiger partial charge in [-0.1, -0.05) is 30.3 Å². The zero-order valence-electron chi connectivity index (χ0n) is 15.1. The van der Waals surface area contributed by atoms with Crippen LogP contribution < -0.4 is 4.74 Å². The SMILES string of the molecule is CCOc1ccc(S(=O)(=O)N2CCC(c3ccccc3)S(=O)(=O)CC2)cc1. The van der Waals surface area contributed by atoms with Gasteiger partial charge in [0.05, 0.1) is 22.5 Å². The summed E-state index contributed by atoms with van der Waals surface area (Å²) in [6.45, 7) is 2.47. The number of benzene rings is 2. The fraction of sp³-hybridized carbons (Fsp3) is 0.368. The highest BCUT2D eigenvalue weighted by molar-refractivity contribution is 7.92. The summed E-state index contributed by atoms with van der Waals surface area (Å²) < 4.78 is 57.9. The number of hydrogen-bond acceptors (Lipinski definition) is 5. The lowest BCUT2D eigenvalue weighted by Gasteiger charge is -2.20. The van der Waals surface area contributed by atoms with Crippen molar-refractivity contribution in [3.8, 4) is 5.75 Å². The van der Waals surface area contributed by atoms with Crippen LogP contribution >= 0.6 is 0 Å². The topological polar surface area (TPSA) is 80.8 Å². The predicted molar refractivity (Wildman–Crippen MR) is 104 cm³/mol. The Morgan fingerprint density at radius 2 is 1.70 bits per heavy atom. The summed E-state index contributed by atoms with van der Waals surface area (Å²) in [5, 5.41) is -0.681. The lowest BCUT2D eigenvalue weighted by atomic mass is 10.1. The standard InChI is InChI=1S/C19H23NO5S2/c1-2-25-17-8-10-18(11-9-17)27(23,24)20-13-12-19(26(21,22)15-14-20)16-6-4-3-5-7-16/h3-11,19H,2,12-15H2,1H3. The van der Waals surface area contributed by atoms with Crippen molar-refractivity contribution >= 4 is 19.9 Å². The van der Waals surface area contributed by atoms with E-state index in [1.165, 1.54) is 16.4 Å². The zero-order chi connectivity index (χ0) is 19.5. The van der Waals surface area contributed by atoms with Crippen molar-refractivity contribution in [3.05, 3.63) is 60.2 Å². The van der Waals surface area contributed by atoms with Gasteiger partial charge in [0.15, 0.2) is 9.84 Å². The summed E-state index contributed by atoms with van der Waals surface area (Å²) in [7, 11) is -7.19. The van der Waals surface area contributed by atoms with Crippen molar-refractivity contribution in [2.75, 3.05) is 25.4 Å². The normalized spacial score (nSPS) is 20.7. The lowest BCUT2D eigenvalue weighted by molar-refractivity contribution is 0.340. The quantitative estimate of drug-likeness (QED) is 0.758. The first-order valence-corrected chi connectivity index (χ1v) is 12.0. The molecule has 146 valence electrons. The van der Waals surface area contributed by atoms with Gasteiger partial charge in [-0.25, -0.2) is 16.8 Å². The Labute approximate surface area is 160 Å². The van der Waals surface area contributed by atoms with Crippen LogP contribution in [0.4, 0.5) is 0 Å². The van der Waals surface area contributed by atoms with Crippen molar-refractivity contribution in [1.29, 1.82) is 0 Å². The first-order chi connectivity index (χ1) is 12.8. The van der Waals surface area contributed by atoms with Crippen LogP contribution in [0.2, 0.25) is 0 Å². The zero-order valence-corrected chi connectivity index (χ0v) is 16.7. The monoisotopic (exact) mass is 409 g/mol. The molecule has 1 heterocycles. The fourth-order valence-corrected chi connectivity index (χ4v) is 6.60. The minimum absolute atomic E-state index is 0.0405. The van der Waals surface area contributed by atoms with Gasteiger partial charge in [0.2, 0.25) is 10.0 Å². The van der Waals surface area contributed by atoms with Crippen LogP contribution in [0, 0.1) is 0 Å². The van der Waals surface area contributed by atoms with E-state index >= 15 is 0 Å². The molecule has 6 nitrogen and oxygen atoms in total. The average Bonchev–Trinajstić information content (AvgIpc) is 2.81. The first kappa shape index (κ1) is 19.9. The van der Waals surface area contributed by atoms with Gasteiger partial charge in [0, 0.05) is 13.1 Å². The summed E-state index contributed by atoms with van der Waals surface area (Å²) in [4.78, 5) is 0.140. The molecule has 1 atom stereocenters. The number of sulfonamides is 1. The Bertz CT molecular complexity index is 971. The minimum atomic E-state index is -3.76. The summed E-state index contributed by atoms with van der Waals surface area (Å²) in [5.41, 5.74) is 0.706. The highest BCUT2D eigenvalue weighted by atomic mass is 32.2. The number of hydrogen-bond donors (Lipinski definition) is 0. The Kier molecular flexibility index (Phi) is 5.88. The van der Waals surface area contributed by atoms with E-state index in [4.69, 9.17) is 4.74 Å². The molecule has 2 aromatic rings. The smallest absolute Gasteiger partial charge is 0.243 e.